The summed E-state index contributed by atoms with van der Waals surface area (Å²) in [6.45, 7) is 2.48. The average molecular weight is 813 g/mol. The normalized spacial score (nSPS) is 12.1. The smallest absolute Gasteiger partial charge is 0.475 e. The molecule has 3 amide bonds. The van der Waals surface area contributed by atoms with Gasteiger partial charge in [-0.15, -0.1) is 0 Å². The zero-order valence-electron chi connectivity index (χ0n) is 29.1. The maximum absolute atomic E-state index is 12.8. The van der Waals surface area contributed by atoms with Crippen LogP contribution in [0.25, 0.3) is 11.3 Å². The van der Waals surface area contributed by atoms with E-state index in [0.717, 1.165) is 35.3 Å². The number of rotatable bonds is 11. The van der Waals surface area contributed by atoms with Crippen LogP contribution in [0.2, 0.25) is 0 Å². The molecule has 0 atom stereocenters. The van der Waals surface area contributed by atoms with E-state index in [-0.39, 0.29) is 35.9 Å². The highest BCUT2D eigenvalue weighted by Gasteiger charge is 2.39. The van der Waals surface area contributed by atoms with Gasteiger partial charge in [0.2, 0.25) is 11.0 Å². The SMILES string of the molecule is Cc1ccc(C(=O)NC2CC2)cc1Nc1nc(-c2cccc(NC(=O)CCN)c2)c(OC(=O)NCc2ccccc2)s1.O=C(O)C(F)(F)F.O=C(O)C(F)(F)F. The van der Waals surface area contributed by atoms with Gasteiger partial charge < -0.3 is 42.0 Å². The fourth-order valence-electron chi connectivity index (χ4n) is 4.11. The van der Waals surface area contributed by atoms with E-state index in [1.807, 2.05) is 49.4 Å². The Morgan fingerprint density at radius 3 is 2.09 bits per heavy atom. The molecule has 1 aromatic heterocycles. The number of aliphatic carboxylic acids is 2. The van der Waals surface area contributed by atoms with E-state index in [1.54, 1.807) is 30.3 Å². The Morgan fingerprint density at radius 2 is 1.52 bits per heavy atom. The van der Waals surface area contributed by atoms with Crippen LogP contribution in [0.15, 0.2) is 72.8 Å². The molecule has 3 aromatic carbocycles. The van der Waals surface area contributed by atoms with Crippen molar-refractivity contribution >= 4 is 57.7 Å². The van der Waals surface area contributed by atoms with Gasteiger partial charge >= 0.3 is 30.4 Å². The maximum Gasteiger partial charge on any atom is 0.490 e. The molecule has 21 heteroatoms. The van der Waals surface area contributed by atoms with Crippen LogP contribution in [-0.4, -0.2) is 70.0 Å². The first-order valence-corrected chi connectivity index (χ1v) is 17.0. The number of hydrogen-bond donors (Lipinski definition) is 7. The summed E-state index contributed by atoms with van der Waals surface area (Å²) in [6.07, 6.45) is -8.59. The minimum atomic E-state index is -5.08. The molecule has 1 fully saturated rings. The van der Waals surface area contributed by atoms with Crippen LogP contribution < -0.4 is 31.7 Å². The predicted molar refractivity (Wildman–Crippen MR) is 191 cm³/mol. The molecule has 1 saturated carbocycles. The van der Waals surface area contributed by atoms with Crippen LogP contribution in [0.4, 0.5) is 47.6 Å². The number of nitrogens with one attached hydrogen (secondary N) is 4. The fraction of sp³-hybridized carbons (Fsp3) is 0.257. The summed E-state index contributed by atoms with van der Waals surface area (Å²) in [5.74, 6) is -5.83. The predicted octanol–water partition coefficient (Wildman–Crippen LogP) is 6.60. The number of ether oxygens (including phenoxy) is 1. The van der Waals surface area contributed by atoms with Crippen LogP contribution in [0, 0.1) is 6.92 Å². The van der Waals surface area contributed by atoms with Gasteiger partial charge in [0.15, 0.2) is 5.13 Å². The molecule has 0 unspecified atom stereocenters. The van der Waals surface area contributed by atoms with Gasteiger partial charge in [-0.05, 0) is 55.2 Å². The number of carboxylic acids is 2. The molecule has 8 N–H and O–H groups in total. The van der Waals surface area contributed by atoms with E-state index in [1.165, 1.54) is 0 Å². The summed E-state index contributed by atoms with van der Waals surface area (Å²) in [6, 6.07) is 22.3. The molecule has 4 aromatic rings. The van der Waals surface area contributed by atoms with Gasteiger partial charge in [0.25, 0.3) is 5.91 Å². The van der Waals surface area contributed by atoms with E-state index in [9.17, 15) is 40.7 Å². The second-order valence-corrected chi connectivity index (χ2v) is 12.5. The number of benzene rings is 3. The van der Waals surface area contributed by atoms with Crippen molar-refractivity contribution in [1.29, 1.82) is 0 Å². The lowest BCUT2D eigenvalue weighted by molar-refractivity contribution is -0.193. The van der Waals surface area contributed by atoms with Crippen molar-refractivity contribution in [3.63, 3.8) is 0 Å². The third-order valence-corrected chi connectivity index (χ3v) is 7.84. The van der Waals surface area contributed by atoms with Crippen molar-refractivity contribution < 1.29 is 65.3 Å². The molecule has 0 aliphatic heterocycles. The Labute approximate surface area is 318 Å². The van der Waals surface area contributed by atoms with E-state index in [0.29, 0.717) is 39.9 Å². The number of thiazole rings is 1. The van der Waals surface area contributed by atoms with Crippen molar-refractivity contribution in [2.45, 2.75) is 51.1 Å². The van der Waals surface area contributed by atoms with E-state index in [4.69, 9.17) is 35.3 Å². The van der Waals surface area contributed by atoms with Gasteiger partial charge in [-0.2, -0.15) is 26.3 Å². The van der Waals surface area contributed by atoms with Crippen molar-refractivity contribution in [3.8, 4) is 16.3 Å². The molecule has 14 nitrogen and oxygen atoms in total. The van der Waals surface area contributed by atoms with Crippen molar-refractivity contribution in [2.24, 2.45) is 5.73 Å². The molecule has 0 saturated heterocycles. The number of halogens is 6. The van der Waals surface area contributed by atoms with Crippen molar-refractivity contribution in [1.82, 2.24) is 15.6 Å². The molecule has 0 spiro atoms. The highest BCUT2D eigenvalue weighted by atomic mass is 32.1. The van der Waals surface area contributed by atoms with Gasteiger partial charge in [0.1, 0.15) is 5.69 Å². The number of hydrogen-bond acceptors (Lipinski definition) is 10. The Morgan fingerprint density at radius 1 is 0.893 bits per heavy atom. The fourth-order valence-corrected chi connectivity index (χ4v) is 4.96. The number of alkyl halides is 6. The van der Waals surface area contributed by atoms with Crippen LogP contribution in [0.5, 0.6) is 5.06 Å². The molecule has 1 aliphatic carbocycles. The van der Waals surface area contributed by atoms with Crippen molar-refractivity contribution in [3.05, 3.63) is 89.5 Å². The summed E-state index contributed by atoms with van der Waals surface area (Å²) in [7, 11) is 0. The van der Waals surface area contributed by atoms with Gasteiger partial charge in [0.05, 0.1) is 0 Å². The number of carbonyl (C=O) groups excluding carboxylic acids is 3. The summed E-state index contributed by atoms with van der Waals surface area (Å²) in [4.78, 5) is 60.1. The molecule has 300 valence electrons. The topological polar surface area (TPSA) is 222 Å². The summed E-state index contributed by atoms with van der Waals surface area (Å²) >= 11 is 1.16. The third-order valence-electron chi connectivity index (χ3n) is 6.99. The summed E-state index contributed by atoms with van der Waals surface area (Å²) < 4.78 is 69.2. The standard InChI is InChI=1S/C31H32N6O4S.2C2HF3O2/c1-19-10-11-22(28(39)35-23-12-13-23)17-25(19)36-30-37-27(21-8-5-9-24(16-21)34-26(38)14-15-32)29(42-30)41-31(40)33-18-20-6-3-2-4-7-20;2*3-2(4,5)1(6)7/h2-11,16-17,23H,12-15,18,32H2,1H3,(H,33,40)(H,34,38)(H,35,39)(H,36,37);2*(H,6,7). The molecule has 56 heavy (non-hydrogen) atoms. The van der Waals surface area contributed by atoms with E-state index in [2.05, 4.69) is 21.3 Å². The highest BCUT2D eigenvalue weighted by Crippen LogP contribution is 2.40. The van der Waals surface area contributed by atoms with Gasteiger partial charge in [-0.1, -0.05) is 59.9 Å². The number of aryl methyl sites for hydroxylation is 1. The lowest BCUT2D eigenvalue weighted by Gasteiger charge is -2.10. The average Bonchev–Trinajstić information content (AvgIpc) is 3.86. The molecular formula is C35H34F6N6O8S. The third kappa shape index (κ3) is 14.9. The second-order valence-electron chi connectivity index (χ2n) is 11.6. The van der Waals surface area contributed by atoms with Gasteiger partial charge in [0, 0.05) is 48.1 Å². The number of aromatic nitrogens is 1. The Balaban J connectivity index is 0.000000512. The first kappa shape index (κ1) is 44.2. The van der Waals surface area contributed by atoms with Crippen LogP contribution >= 0.6 is 11.3 Å². The number of carbonyl (C=O) groups is 5. The van der Waals surface area contributed by atoms with Crippen molar-refractivity contribution in [2.75, 3.05) is 17.2 Å². The molecule has 0 bridgehead atoms. The zero-order valence-corrected chi connectivity index (χ0v) is 29.9. The number of nitrogens with zero attached hydrogens (tertiary/aromatic N) is 1. The van der Waals surface area contributed by atoms with Gasteiger partial charge in [-0.3, -0.25) is 9.59 Å². The summed E-state index contributed by atoms with van der Waals surface area (Å²) in [5.41, 5.74) is 10.2. The molecule has 1 heterocycles. The second kappa shape index (κ2) is 19.9. The molecule has 5 rings (SSSR count). The van der Waals surface area contributed by atoms with Crippen LogP contribution in [0.3, 0.4) is 0 Å². The number of carboxylic acid groups (broad SMARTS) is 2. The van der Waals surface area contributed by atoms with Crippen LogP contribution in [-0.2, 0) is 20.9 Å². The molecular weight excluding hydrogens is 778 g/mol. The van der Waals surface area contributed by atoms with E-state index < -0.39 is 30.4 Å². The lowest BCUT2D eigenvalue weighted by Crippen LogP contribution is -2.26. The zero-order chi connectivity index (χ0) is 41.6. The first-order valence-electron chi connectivity index (χ1n) is 16.2. The Bertz CT molecular complexity index is 1980. The first-order chi connectivity index (χ1) is 26.3. The molecule has 1 aliphatic rings. The minimum absolute atomic E-state index is 0.118. The number of amides is 3. The van der Waals surface area contributed by atoms with E-state index >= 15 is 0 Å². The maximum atomic E-state index is 12.8. The Kier molecular flexibility index (Phi) is 15.7. The Hall–Kier alpha value is -6.22. The van der Waals surface area contributed by atoms with Gasteiger partial charge in [-0.25, -0.2) is 19.4 Å². The largest absolute Gasteiger partial charge is 0.490 e. The monoisotopic (exact) mass is 812 g/mol. The number of nitrogens with two attached hydrogens (primary N) is 1. The highest BCUT2D eigenvalue weighted by molar-refractivity contribution is 7.18. The quantitative estimate of drug-likeness (QED) is 0.0800. The van der Waals surface area contributed by atoms with Crippen LogP contribution in [0.1, 0.15) is 40.7 Å². The molecule has 0 radical (unpaired) electrons. The number of anilines is 3. The summed E-state index contributed by atoms with van der Waals surface area (Å²) in [5, 5.41) is 26.9. The minimum Gasteiger partial charge on any atom is -0.475 e. The lowest BCUT2D eigenvalue weighted by atomic mass is 10.1.